The first-order chi connectivity index (χ1) is 12.2. The zero-order chi connectivity index (χ0) is 17.8. The summed E-state index contributed by atoms with van der Waals surface area (Å²) in [4.78, 5) is 12.1. The molecule has 0 aliphatic rings. The van der Waals surface area contributed by atoms with Crippen LogP contribution in [0.15, 0.2) is 42.5 Å². The molecule has 0 atom stereocenters. The molecule has 0 heterocycles. The molecule has 0 bridgehead atoms. The highest BCUT2D eigenvalue weighted by molar-refractivity contribution is 6.07. The molecule has 25 heavy (non-hydrogen) atoms. The molecule has 3 aromatic carbocycles. The highest BCUT2D eigenvalue weighted by Gasteiger charge is 2.16. The molecule has 0 spiro atoms. The summed E-state index contributed by atoms with van der Waals surface area (Å²) in [6.07, 6.45) is 1.97. The lowest BCUT2D eigenvalue weighted by atomic mass is 9.96. The summed E-state index contributed by atoms with van der Waals surface area (Å²) in [6.45, 7) is 6.57. The highest BCUT2D eigenvalue weighted by Crippen LogP contribution is 2.38. The zero-order valence-corrected chi connectivity index (χ0v) is 15.1. The van der Waals surface area contributed by atoms with Crippen LogP contribution in [0, 0.1) is 0 Å². The lowest BCUT2D eigenvalue weighted by Gasteiger charge is -2.15. The van der Waals surface area contributed by atoms with E-state index in [1.165, 1.54) is 5.56 Å². The number of carbonyl (C=O) groups excluding carboxylic acids is 1. The van der Waals surface area contributed by atoms with Crippen molar-refractivity contribution in [2.75, 3.05) is 6.61 Å². The van der Waals surface area contributed by atoms with Gasteiger partial charge < -0.3 is 9.47 Å². The van der Waals surface area contributed by atoms with Crippen LogP contribution in [0.25, 0.3) is 21.5 Å². The topological polar surface area (TPSA) is 35.5 Å². The van der Waals surface area contributed by atoms with E-state index < -0.39 is 6.16 Å². The molecule has 0 aromatic heterocycles. The van der Waals surface area contributed by atoms with Crippen LogP contribution in [-0.2, 0) is 17.6 Å². The number of aryl methyl sites for hydroxylation is 2. The Bertz CT molecular complexity index is 911. The SMILES string of the molecule is CCCOC(=O)Oc1c2ccc(CC)cc2cc2cccc(CC)c12. The average molecular weight is 336 g/mol. The Kier molecular flexibility index (Phi) is 5.22. The normalized spacial score (nSPS) is 11.0. The van der Waals surface area contributed by atoms with E-state index in [1.54, 1.807) is 0 Å². The number of rotatable bonds is 5. The van der Waals surface area contributed by atoms with Gasteiger partial charge in [-0.3, -0.25) is 0 Å². The average Bonchev–Trinajstić information content (AvgIpc) is 2.64. The molecule has 3 rings (SSSR count). The summed E-state index contributed by atoms with van der Waals surface area (Å²) in [7, 11) is 0. The van der Waals surface area contributed by atoms with E-state index in [0.717, 1.165) is 46.4 Å². The summed E-state index contributed by atoms with van der Waals surface area (Å²) < 4.78 is 10.8. The van der Waals surface area contributed by atoms with Crippen molar-refractivity contribution in [3.8, 4) is 5.75 Å². The monoisotopic (exact) mass is 336 g/mol. The van der Waals surface area contributed by atoms with E-state index in [0.29, 0.717) is 12.4 Å². The molecule has 0 saturated carbocycles. The van der Waals surface area contributed by atoms with Crippen molar-refractivity contribution in [3.63, 3.8) is 0 Å². The van der Waals surface area contributed by atoms with E-state index >= 15 is 0 Å². The van der Waals surface area contributed by atoms with Crippen LogP contribution in [-0.4, -0.2) is 12.8 Å². The molecule has 0 fully saturated rings. The van der Waals surface area contributed by atoms with E-state index in [4.69, 9.17) is 9.47 Å². The lowest BCUT2D eigenvalue weighted by molar-refractivity contribution is 0.100. The minimum absolute atomic E-state index is 0.363. The second-order valence-electron chi connectivity index (χ2n) is 6.18. The van der Waals surface area contributed by atoms with Crippen molar-refractivity contribution in [2.45, 2.75) is 40.0 Å². The molecular formula is C22H24O3. The Morgan fingerprint density at radius 3 is 2.52 bits per heavy atom. The summed E-state index contributed by atoms with van der Waals surface area (Å²) in [5.41, 5.74) is 2.43. The fourth-order valence-corrected chi connectivity index (χ4v) is 3.18. The fourth-order valence-electron chi connectivity index (χ4n) is 3.18. The largest absolute Gasteiger partial charge is 0.513 e. The number of benzene rings is 3. The van der Waals surface area contributed by atoms with Gasteiger partial charge in [-0.25, -0.2) is 4.79 Å². The van der Waals surface area contributed by atoms with Crippen LogP contribution in [0.4, 0.5) is 4.79 Å². The molecule has 3 nitrogen and oxygen atoms in total. The maximum absolute atomic E-state index is 12.1. The number of fused-ring (bicyclic) bond motifs is 2. The minimum atomic E-state index is -0.638. The Morgan fingerprint density at radius 2 is 1.80 bits per heavy atom. The first-order valence-corrected chi connectivity index (χ1v) is 8.99. The molecule has 0 saturated heterocycles. The second-order valence-corrected chi connectivity index (χ2v) is 6.18. The quantitative estimate of drug-likeness (QED) is 0.323. The summed E-state index contributed by atoms with van der Waals surface area (Å²) in [6, 6.07) is 14.7. The van der Waals surface area contributed by atoms with Gasteiger partial charge in [0.1, 0.15) is 5.75 Å². The van der Waals surface area contributed by atoms with Gasteiger partial charge in [0.15, 0.2) is 0 Å². The van der Waals surface area contributed by atoms with Crippen LogP contribution in [0.2, 0.25) is 0 Å². The Morgan fingerprint density at radius 1 is 0.960 bits per heavy atom. The van der Waals surface area contributed by atoms with Crippen molar-refractivity contribution in [1.29, 1.82) is 0 Å². The van der Waals surface area contributed by atoms with Gasteiger partial charge in [0.25, 0.3) is 0 Å². The number of hydrogen-bond acceptors (Lipinski definition) is 3. The van der Waals surface area contributed by atoms with Gasteiger partial charge in [-0.15, -0.1) is 0 Å². The Hall–Kier alpha value is -2.55. The third kappa shape index (κ3) is 3.46. The van der Waals surface area contributed by atoms with E-state index in [2.05, 4.69) is 50.2 Å². The smallest absolute Gasteiger partial charge is 0.434 e. The van der Waals surface area contributed by atoms with E-state index in [1.807, 2.05) is 13.0 Å². The zero-order valence-electron chi connectivity index (χ0n) is 15.1. The van der Waals surface area contributed by atoms with Gasteiger partial charge >= 0.3 is 6.16 Å². The molecule has 0 aliphatic carbocycles. The summed E-state index contributed by atoms with van der Waals surface area (Å²) >= 11 is 0. The van der Waals surface area contributed by atoms with Crippen LogP contribution < -0.4 is 4.74 Å². The van der Waals surface area contributed by atoms with Gasteiger partial charge in [-0.05, 0) is 47.2 Å². The van der Waals surface area contributed by atoms with Crippen LogP contribution >= 0.6 is 0 Å². The maximum atomic E-state index is 12.1. The number of hydrogen-bond donors (Lipinski definition) is 0. The van der Waals surface area contributed by atoms with Crippen molar-refractivity contribution in [3.05, 3.63) is 53.6 Å². The van der Waals surface area contributed by atoms with Crippen molar-refractivity contribution >= 4 is 27.7 Å². The van der Waals surface area contributed by atoms with Gasteiger partial charge in [-0.1, -0.05) is 57.2 Å². The Balaban J connectivity index is 2.24. The molecular weight excluding hydrogens is 312 g/mol. The molecule has 0 amide bonds. The van der Waals surface area contributed by atoms with E-state index in [9.17, 15) is 4.79 Å². The van der Waals surface area contributed by atoms with Crippen molar-refractivity contribution in [1.82, 2.24) is 0 Å². The number of ether oxygens (including phenoxy) is 2. The minimum Gasteiger partial charge on any atom is -0.434 e. The summed E-state index contributed by atoms with van der Waals surface area (Å²) in [5.74, 6) is 0.605. The first-order valence-electron chi connectivity index (χ1n) is 8.99. The third-order valence-electron chi connectivity index (χ3n) is 4.48. The van der Waals surface area contributed by atoms with Crippen LogP contribution in [0.3, 0.4) is 0 Å². The molecule has 3 aromatic rings. The third-order valence-corrected chi connectivity index (χ3v) is 4.48. The highest BCUT2D eigenvalue weighted by atomic mass is 16.7. The molecule has 0 N–H and O–H groups in total. The van der Waals surface area contributed by atoms with Gasteiger partial charge in [0, 0.05) is 10.8 Å². The molecule has 130 valence electrons. The Labute approximate surface area is 148 Å². The molecule has 0 aliphatic heterocycles. The van der Waals surface area contributed by atoms with Gasteiger partial charge in [0.05, 0.1) is 6.61 Å². The lowest BCUT2D eigenvalue weighted by Crippen LogP contribution is -2.12. The molecule has 0 unspecified atom stereocenters. The van der Waals surface area contributed by atoms with Crippen LogP contribution in [0.5, 0.6) is 5.75 Å². The standard InChI is InChI=1S/C22H24O3/c1-4-12-24-22(23)25-21-19-11-10-15(5-2)13-18(19)14-17-9-7-8-16(6-3)20(17)21/h7-11,13-14H,4-6,12H2,1-3H3. The predicted molar refractivity (Wildman–Crippen MR) is 102 cm³/mol. The summed E-state index contributed by atoms with van der Waals surface area (Å²) in [5, 5.41) is 4.10. The first kappa shape index (κ1) is 17.3. The van der Waals surface area contributed by atoms with Gasteiger partial charge in [-0.2, -0.15) is 0 Å². The number of carbonyl (C=O) groups is 1. The van der Waals surface area contributed by atoms with Crippen molar-refractivity contribution in [2.24, 2.45) is 0 Å². The van der Waals surface area contributed by atoms with Crippen molar-refractivity contribution < 1.29 is 14.3 Å². The fraction of sp³-hybridized carbons (Fsp3) is 0.318. The molecule has 3 heteroatoms. The molecule has 0 radical (unpaired) electrons. The van der Waals surface area contributed by atoms with E-state index in [-0.39, 0.29) is 0 Å². The van der Waals surface area contributed by atoms with Gasteiger partial charge in [0.2, 0.25) is 0 Å². The second kappa shape index (κ2) is 7.56. The predicted octanol–water partition coefficient (Wildman–Crippen LogP) is 6.04. The van der Waals surface area contributed by atoms with Crippen LogP contribution in [0.1, 0.15) is 38.3 Å². The maximum Gasteiger partial charge on any atom is 0.513 e.